The first kappa shape index (κ1) is 13.5. The van der Waals surface area contributed by atoms with Crippen LogP contribution in [0.1, 0.15) is 31.5 Å². The molecule has 1 aromatic rings. The molecule has 3 rings (SSSR count). The molecule has 20 heavy (non-hydrogen) atoms. The number of hydrogen-bond acceptors (Lipinski definition) is 5. The van der Waals surface area contributed by atoms with Crippen molar-refractivity contribution in [3.8, 4) is 0 Å². The molecule has 0 spiro atoms. The van der Waals surface area contributed by atoms with E-state index in [-0.39, 0.29) is 11.9 Å². The van der Waals surface area contributed by atoms with Crippen molar-refractivity contribution in [3.63, 3.8) is 0 Å². The van der Waals surface area contributed by atoms with Crippen molar-refractivity contribution in [1.29, 1.82) is 0 Å². The monoisotopic (exact) mass is 279 g/mol. The maximum atomic E-state index is 12.4. The number of rotatable bonds is 5. The molecular weight excluding hydrogens is 258 g/mol. The standard InChI is InChI=1S/C13H21N5O2/c1-10(13(19)17-4-6-20-7-5-17)18-9-12(15-16-18)8-14-11-2-3-11/h9-11,14H,2-8H2,1H3. The SMILES string of the molecule is CC(C(=O)N1CCOCC1)n1cc(CNC2CC2)nn1. The zero-order chi connectivity index (χ0) is 13.9. The maximum Gasteiger partial charge on any atom is 0.247 e. The summed E-state index contributed by atoms with van der Waals surface area (Å²) in [5, 5.41) is 11.6. The molecule has 110 valence electrons. The molecule has 2 fully saturated rings. The first-order valence-corrected chi connectivity index (χ1v) is 7.24. The van der Waals surface area contributed by atoms with Gasteiger partial charge in [-0.1, -0.05) is 5.21 Å². The highest BCUT2D eigenvalue weighted by molar-refractivity contribution is 5.80. The molecule has 1 aliphatic heterocycles. The number of nitrogens with one attached hydrogen (secondary N) is 1. The Bertz CT molecular complexity index is 465. The Hall–Kier alpha value is -1.47. The third-order valence-corrected chi connectivity index (χ3v) is 3.78. The highest BCUT2D eigenvalue weighted by atomic mass is 16.5. The summed E-state index contributed by atoms with van der Waals surface area (Å²) in [6.07, 6.45) is 4.36. The zero-order valence-corrected chi connectivity index (χ0v) is 11.8. The van der Waals surface area contributed by atoms with Crippen LogP contribution in [0.4, 0.5) is 0 Å². The van der Waals surface area contributed by atoms with Crippen LogP contribution in [-0.4, -0.2) is 58.1 Å². The third kappa shape index (κ3) is 3.16. The number of morpholine rings is 1. The topological polar surface area (TPSA) is 72.3 Å². The molecule has 1 aliphatic carbocycles. The van der Waals surface area contributed by atoms with Gasteiger partial charge in [0, 0.05) is 25.7 Å². The number of ether oxygens (including phenoxy) is 1. The quantitative estimate of drug-likeness (QED) is 0.818. The molecule has 0 bridgehead atoms. The van der Waals surface area contributed by atoms with E-state index in [2.05, 4.69) is 15.6 Å². The third-order valence-electron chi connectivity index (χ3n) is 3.78. The number of carbonyl (C=O) groups excluding carboxylic acids is 1. The maximum absolute atomic E-state index is 12.4. The highest BCUT2D eigenvalue weighted by Gasteiger charge is 2.25. The summed E-state index contributed by atoms with van der Waals surface area (Å²) in [6.45, 7) is 5.15. The van der Waals surface area contributed by atoms with Gasteiger partial charge >= 0.3 is 0 Å². The number of aromatic nitrogens is 3. The van der Waals surface area contributed by atoms with Gasteiger partial charge in [-0.15, -0.1) is 5.10 Å². The van der Waals surface area contributed by atoms with Crippen LogP contribution in [0.2, 0.25) is 0 Å². The predicted molar refractivity (Wildman–Crippen MR) is 72.0 cm³/mol. The molecule has 7 heteroatoms. The van der Waals surface area contributed by atoms with Crippen LogP contribution in [-0.2, 0) is 16.1 Å². The van der Waals surface area contributed by atoms with E-state index in [0.29, 0.717) is 32.3 Å². The number of carbonyl (C=O) groups is 1. The Morgan fingerprint density at radius 2 is 2.25 bits per heavy atom. The smallest absolute Gasteiger partial charge is 0.247 e. The van der Waals surface area contributed by atoms with Crippen molar-refractivity contribution in [2.45, 2.75) is 38.4 Å². The lowest BCUT2D eigenvalue weighted by Gasteiger charge is -2.29. The summed E-state index contributed by atoms with van der Waals surface area (Å²) in [5.41, 5.74) is 0.888. The van der Waals surface area contributed by atoms with Crippen LogP contribution in [0.25, 0.3) is 0 Å². The molecular formula is C13H21N5O2. The van der Waals surface area contributed by atoms with Gasteiger partial charge in [-0.25, -0.2) is 4.68 Å². The van der Waals surface area contributed by atoms with E-state index < -0.39 is 0 Å². The fraction of sp³-hybridized carbons (Fsp3) is 0.769. The Morgan fingerprint density at radius 3 is 2.95 bits per heavy atom. The summed E-state index contributed by atoms with van der Waals surface area (Å²) in [4.78, 5) is 14.2. The van der Waals surface area contributed by atoms with Crippen molar-refractivity contribution in [1.82, 2.24) is 25.2 Å². The van der Waals surface area contributed by atoms with Crippen molar-refractivity contribution in [3.05, 3.63) is 11.9 Å². The highest BCUT2D eigenvalue weighted by Crippen LogP contribution is 2.19. The van der Waals surface area contributed by atoms with Crippen molar-refractivity contribution in [2.24, 2.45) is 0 Å². The molecule has 1 saturated carbocycles. The first-order valence-electron chi connectivity index (χ1n) is 7.24. The predicted octanol–water partition coefficient (Wildman–Crippen LogP) is -0.0501. The van der Waals surface area contributed by atoms with Gasteiger partial charge in [0.25, 0.3) is 0 Å². The van der Waals surface area contributed by atoms with Crippen molar-refractivity contribution >= 4 is 5.91 Å². The largest absolute Gasteiger partial charge is 0.378 e. The van der Waals surface area contributed by atoms with E-state index >= 15 is 0 Å². The molecule has 1 amide bonds. The van der Waals surface area contributed by atoms with Crippen LogP contribution in [0.5, 0.6) is 0 Å². The van der Waals surface area contributed by atoms with Gasteiger partial charge in [0.2, 0.25) is 5.91 Å². The van der Waals surface area contributed by atoms with Crippen LogP contribution >= 0.6 is 0 Å². The molecule has 1 atom stereocenters. The van der Waals surface area contributed by atoms with Crippen LogP contribution in [0.3, 0.4) is 0 Å². The first-order chi connectivity index (χ1) is 9.74. The van der Waals surface area contributed by atoms with Gasteiger partial charge in [0.15, 0.2) is 0 Å². The van der Waals surface area contributed by atoms with Gasteiger partial charge in [0.1, 0.15) is 6.04 Å². The minimum Gasteiger partial charge on any atom is -0.378 e. The Morgan fingerprint density at radius 1 is 1.50 bits per heavy atom. The summed E-state index contributed by atoms with van der Waals surface area (Å²) in [7, 11) is 0. The summed E-state index contributed by atoms with van der Waals surface area (Å²) in [5.74, 6) is 0.0832. The van der Waals surface area contributed by atoms with E-state index in [4.69, 9.17) is 4.74 Å². The molecule has 1 unspecified atom stereocenters. The lowest BCUT2D eigenvalue weighted by molar-refractivity contribution is -0.138. The normalized spacial score (nSPS) is 20.9. The molecule has 1 aromatic heterocycles. The van der Waals surface area contributed by atoms with Crippen LogP contribution < -0.4 is 5.32 Å². The van der Waals surface area contributed by atoms with Gasteiger partial charge < -0.3 is 15.0 Å². The minimum atomic E-state index is -0.310. The van der Waals surface area contributed by atoms with Crippen molar-refractivity contribution < 1.29 is 9.53 Å². The Kier molecular flexibility index (Phi) is 3.98. The molecule has 1 N–H and O–H groups in total. The van der Waals surface area contributed by atoms with E-state index in [9.17, 15) is 4.79 Å². The van der Waals surface area contributed by atoms with E-state index in [1.54, 1.807) is 4.68 Å². The second-order valence-electron chi connectivity index (χ2n) is 5.46. The van der Waals surface area contributed by atoms with E-state index in [1.165, 1.54) is 12.8 Å². The van der Waals surface area contributed by atoms with Crippen LogP contribution in [0, 0.1) is 0 Å². The fourth-order valence-electron chi connectivity index (χ4n) is 2.28. The second kappa shape index (κ2) is 5.88. The average molecular weight is 279 g/mol. The van der Waals surface area contributed by atoms with E-state index in [1.807, 2.05) is 18.0 Å². The van der Waals surface area contributed by atoms with Gasteiger partial charge in [-0.3, -0.25) is 4.79 Å². The molecule has 0 aromatic carbocycles. The molecule has 1 saturated heterocycles. The molecule has 0 radical (unpaired) electrons. The molecule has 2 aliphatic rings. The Balaban J connectivity index is 1.57. The number of nitrogens with zero attached hydrogens (tertiary/aromatic N) is 4. The Labute approximate surface area is 118 Å². The number of hydrogen-bond donors (Lipinski definition) is 1. The van der Waals surface area contributed by atoms with Gasteiger partial charge in [-0.05, 0) is 19.8 Å². The molecule has 2 heterocycles. The number of amides is 1. The average Bonchev–Trinajstić information content (AvgIpc) is 3.21. The second-order valence-corrected chi connectivity index (χ2v) is 5.46. The summed E-state index contributed by atoms with van der Waals surface area (Å²) >= 11 is 0. The summed E-state index contributed by atoms with van der Waals surface area (Å²) < 4.78 is 6.92. The summed E-state index contributed by atoms with van der Waals surface area (Å²) in [6, 6.07) is 0.336. The van der Waals surface area contributed by atoms with Gasteiger partial charge in [-0.2, -0.15) is 0 Å². The van der Waals surface area contributed by atoms with Crippen molar-refractivity contribution in [2.75, 3.05) is 26.3 Å². The lowest BCUT2D eigenvalue weighted by atomic mass is 10.2. The van der Waals surface area contributed by atoms with Crippen LogP contribution in [0.15, 0.2) is 6.20 Å². The lowest BCUT2D eigenvalue weighted by Crippen LogP contribution is -2.43. The molecule has 7 nitrogen and oxygen atoms in total. The minimum absolute atomic E-state index is 0.0832. The van der Waals surface area contributed by atoms with E-state index in [0.717, 1.165) is 12.2 Å². The fourth-order valence-corrected chi connectivity index (χ4v) is 2.28. The van der Waals surface area contributed by atoms with Gasteiger partial charge in [0.05, 0.1) is 25.1 Å². The zero-order valence-electron chi connectivity index (χ0n) is 11.8.